The van der Waals surface area contributed by atoms with Gasteiger partial charge in [-0.1, -0.05) is 12.1 Å². The highest BCUT2D eigenvalue weighted by Crippen LogP contribution is 2.16. The van der Waals surface area contributed by atoms with E-state index in [1.165, 1.54) is 24.3 Å². The molecule has 0 heterocycles. The normalized spacial score (nSPS) is 12.6. The molecule has 128 valence electrons. The topological polar surface area (TPSA) is 87.7 Å². The minimum Gasteiger partial charge on any atom is -0.548 e. The number of benzene rings is 1. The van der Waals surface area contributed by atoms with Gasteiger partial charge in [0.15, 0.2) is 0 Å². The number of carbonyl (C=O) groups is 2. The van der Waals surface area contributed by atoms with E-state index in [0.717, 1.165) is 0 Å². The van der Waals surface area contributed by atoms with Crippen molar-refractivity contribution >= 4 is 12.1 Å². The van der Waals surface area contributed by atoms with Crippen LogP contribution in [0, 0.1) is 0 Å². The summed E-state index contributed by atoms with van der Waals surface area (Å²) in [6.07, 6.45) is -0.972. The van der Waals surface area contributed by atoms with Gasteiger partial charge in [-0.2, -0.15) is 8.78 Å². The van der Waals surface area contributed by atoms with E-state index in [4.69, 9.17) is 4.74 Å². The fourth-order valence-corrected chi connectivity index (χ4v) is 1.69. The second-order valence-corrected chi connectivity index (χ2v) is 5.74. The maximum atomic E-state index is 12.0. The zero-order valence-electron chi connectivity index (χ0n) is 13.0. The Bertz CT molecular complexity index is 540. The first-order chi connectivity index (χ1) is 10.6. The van der Waals surface area contributed by atoms with Crippen molar-refractivity contribution < 1.29 is 33.0 Å². The van der Waals surface area contributed by atoms with Crippen molar-refractivity contribution in [3.63, 3.8) is 0 Å². The lowest BCUT2D eigenvalue weighted by Crippen LogP contribution is -2.50. The van der Waals surface area contributed by atoms with Crippen molar-refractivity contribution in [2.45, 2.75) is 45.4 Å². The zero-order valence-corrected chi connectivity index (χ0v) is 13.0. The third kappa shape index (κ3) is 7.44. The number of halogens is 2. The quantitative estimate of drug-likeness (QED) is 0.853. The van der Waals surface area contributed by atoms with Crippen LogP contribution in [0.15, 0.2) is 24.3 Å². The average molecular weight is 330 g/mol. The van der Waals surface area contributed by atoms with Gasteiger partial charge in [0.1, 0.15) is 11.4 Å². The van der Waals surface area contributed by atoms with Crippen LogP contribution in [-0.4, -0.2) is 30.3 Å². The fraction of sp³-hybridized carbons (Fsp3) is 0.467. The molecule has 1 rings (SSSR count). The van der Waals surface area contributed by atoms with Crippen LogP contribution < -0.4 is 15.2 Å². The molecule has 0 spiro atoms. The second kappa shape index (κ2) is 7.75. The lowest BCUT2D eigenvalue weighted by atomic mass is 10.1. The van der Waals surface area contributed by atoms with E-state index < -0.39 is 30.3 Å². The summed E-state index contributed by atoms with van der Waals surface area (Å²) in [6.45, 7) is 1.98. The van der Waals surface area contributed by atoms with Crippen molar-refractivity contribution in [2.24, 2.45) is 0 Å². The molecule has 0 fully saturated rings. The minimum atomic E-state index is -2.94. The zero-order chi connectivity index (χ0) is 17.6. The van der Waals surface area contributed by atoms with Gasteiger partial charge in [-0.25, -0.2) is 4.79 Å². The number of alkyl carbamates (subject to hydrolysis) is 1. The first kappa shape index (κ1) is 18.7. The molecule has 23 heavy (non-hydrogen) atoms. The summed E-state index contributed by atoms with van der Waals surface area (Å²) in [5.41, 5.74) is -0.272. The molecule has 0 aliphatic carbocycles. The van der Waals surface area contributed by atoms with Gasteiger partial charge in [0.05, 0.1) is 12.0 Å². The molecule has 0 saturated carbocycles. The lowest BCUT2D eigenvalue weighted by Gasteiger charge is -2.24. The molecule has 1 amide bonds. The average Bonchev–Trinajstić information content (AvgIpc) is 2.37. The highest BCUT2D eigenvalue weighted by atomic mass is 19.3. The smallest absolute Gasteiger partial charge is 0.408 e. The van der Waals surface area contributed by atoms with Gasteiger partial charge in [-0.3, -0.25) is 0 Å². The van der Waals surface area contributed by atoms with Crippen LogP contribution in [0.5, 0.6) is 5.75 Å². The number of alkyl halides is 2. The van der Waals surface area contributed by atoms with Gasteiger partial charge in [0.25, 0.3) is 0 Å². The molecule has 1 N–H and O–H groups in total. The number of carbonyl (C=O) groups excluding carboxylic acids is 2. The number of rotatable bonds is 6. The van der Waals surface area contributed by atoms with E-state index in [0.29, 0.717) is 5.56 Å². The number of ether oxygens (including phenoxy) is 2. The Labute approximate surface area is 132 Å². The van der Waals surface area contributed by atoms with Crippen LogP contribution >= 0.6 is 0 Å². The van der Waals surface area contributed by atoms with Crippen LogP contribution in [0.3, 0.4) is 0 Å². The maximum Gasteiger partial charge on any atom is 0.408 e. The minimum absolute atomic E-state index is 0.0474. The molecule has 1 aromatic rings. The summed E-state index contributed by atoms with van der Waals surface area (Å²) >= 11 is 0. The van der Waals surface area contributed by atoms with E-state index in [-0.39, 0.29) is 12.2 Å². The predicted octanol–water partition coefficient (Wildman–Crippen LogP) is 1.47. The van der Waals surface area contributed by atoms with Crippen molar-refractivity contribution in [1.29, 1.82) is 0 Å². The molecule has 0 bridgehead atoms. The molecule has 0 aliphatic heterocycles. The molecular weight excluding hydrogens is 312 g/mol. The Balaban J connectivity index is 2.69. The first-order valence-electron chi connectivity index (χ1n) is 6.81. The molecule has 6 nitrogen and oxygen atoms in total. The van der Waals surface area contributed by atoms with E-state index in [2.05, 4.69) is 10.1 Å². The Morgan fingerprint density at radius 2 is 1.78 bits per heavy atom. The van der Waals surface area contributed by atoms with E-state index in [9.17, 15) is 23.5 Å². The van der Waals surface area contributed by atoms with Gasteiger partial charge in [0, 0.05) is 0 Å². The summed E-state index contributed by atoms with van der Waals surface area (Å²) in [4.78, 5) is 22.7. The Morgan fingerprint density at radius 3 is 2.22 bits per heavy atom. The van der Waals surface area contributed by atoms with Crippen LogP contribution in [0.25, 0.3) is 0 Å². The molecule has 0 aromatic heterocycles. The van der Waals surface area contributed by atoms with Gasteiger partial charge in [-0.15, -0.1) is 0 Å². The number of carboxylic acids is 1. The Morgan fingerprint density at radius 1 is 1.22 bits per heavy atom. The first-order valence-corrected chi connectivity index (χ1v) is 6.81. The van der Waals surface area contributed by atoms with E-state index >= 15 is 0 Å². The van der Waals surface area contributed by atoms with Crippen LogP contribution in [0.4, 0.5) is 13.6 Å². The standard InChI is InChI=1S/C15H19F2NO5/c1-15(2,3)23-14(21)18-11(12(19)20)8-9-4-6-10(7-5-9)22-13(16)17/h4-7,11,13H,8H2,1-3H3,(H,18,21)(H,19,20)/p-1/t11-/m0/s1. The van der Waals surface area contributed by atoms with Crippen LogP contribution in [-0.2, 0) is 16.0 Å². The third-order valence-electron chi connectivity index (χ3n) is 2.56. The predicted molar refractivity (Wildman–Crippen MR) is 74.9 cm³/mol. The molecule has 0 unspecified atom stereocenters. The summed E-state index contributed by atoms with van der Waals surface area (Å²) in [5.74, 6) is -1.53. The van der Waals surface area contributed by atoms with Crippen LogP contribution in [0.1, 0.15) is 26.3 Å². The van der Waals surface area contributed by atoms with Gasteiger partial charge in [0.2, 0.25) is 0 Å². The number of hydrogen-bond donors (Lipinski definition) is 1. The van der Waals surface area contributed by atoms with Crippen molar-refractivity contribution in [1.82, 2.24) is 5.32 Å². The summed E-state index contributed by atoms with van der Waals surface area (Å²) in [6, 6.07) is 4.09. The number of nitrogens with one attached hydrogen (secondary N) is 1. The lowest BCUT2D eigenvalue weighted by molar-refractivity contribution is -0.308. The molecule has 0 radical (unpaired) electrons. The highest BCUT2D eigenvalue weighted by Gasteiger charge is 2.20. The molecule has 1 atom stereocenters. The van der Waals surface area contributed by atoms with E-state index in [1.807, 2.05) is 0 Å². The van der Waals surface area contributed by atoms with Crippen LogP contribution in [0.2, 0.25) is 0 Å². The van der Waals surface area contributed by atoms with E-state index in [1.54, 1.807) is 20.8 Å². The molecule has 1 aromatic carbocycles. The maximum absolute atomic E-state index is 12.0. The Kier molecular flexibility index (Phi) is 6.29. The number of hydrogen-bond acceptors (Lipinski definition) is 5. The number of aliphatic carboxylic acids is 1. The second-order valence-electron chi connectivity index (χ2n) is 5.74. The van der Waals surface area contributed by atoms with Gasteiger partial charge in [-0.05, 0) is 44.9 Å². The summed E-state index contributed by atoms with van der Waals surface area (Å²) in [5, 5.41) is 13.3. The third-order valence-corrected chi connectivity index (χ3v) is 2.56. The highest BCUT2D eigenvalue weighted by molar-refractivity contribution is 5.79. The van der Waals surface area contributed by atoms with Crippen molar-refractivity contribution in [3.05, 3.63) is 29.8 Å². The molecule has 0 aliphatic rings. The molecule has 8 heteroatoms. The summed E-state index contributed by atoms with van der Waals surface area (Å²) in [7, 11) is 0. The molecule has 0 saturated heterocycles. The van der Waals surface area contributed by atoms with Crippen molar-refractivity contribution in [2.75, 3.05) is 0 Å². The fourth-order valence-electron chi connectivity index (χ4n) is 1.69. The summed E-state index contributed by atoms with van der Waals surface area (Å²) < 4.78 is 33.3. The monoisotopic (exact) mass is 330 g/mol. The van der Waals surface area contributed by atoms with Gasteiger partial charge >= 0.3 is 12.7 Å². The SMILES string of the molecule is CC(C)(C)OC(=O)N[C@@H](Cc1ccc(OC(F)F)cc1)C(=O)[O-]. The Hall–Kier alpha value is -2.38. The molecular formula is C15H18F2NO5-. The van der Waals surface area contributed by atoms with Gasteiger partial charge < -0.3 is 24.7 Å². The number of amides is 1. The van der Waals surface area contributed by atoms with Crippen molar-refractivity contribution in [3.8, 4) is 5.75 Å². The number of carboxylic acid groups (broad SMARTS) is 1. The largest absolute Gasteiger partial charge is 0.548 e.